The summed E-state index contributed by atoms with van der Waals surface area (Å²) in [6.07, 6.45) is 3.55. The van der Waals surface area contributed by atoms with Gasteiger partial charge in [-0.1, -0.05) is 40.5 Å². The van der Waals surface area contributed by atoms with Crippen molar-refractivity contribution in [1.82, 2.24) is 10.2 Å². The molecule has 0 aromatic heterocycles. The van der Waals surface area contributed by atoms with Gasteiger partial charge in [-0.3, -0.25) is 9.59 Å². The zero-order valence-corrected chi connectivity index (χ0v) is 17.2. The van der Waals surface area contributed by atoms with Crippen LogP contribution in [0, 0.1) is 11.8 Å². The Morgan fingerprint density at radius 3 is 2.31 bits per heavy atom. The third-order valence-corrected chi connectivity index (χ3v) is 5.22. The Kier molecular flexibility index (Phi) is 9.58. The summed E-state index contributed by atoms with van der Waals surface area (Å²) in [7, 11) is 0. The van der Waals surface area contributed by atoms with Crippen LogP contribution in [0.2, 0.25) is 0 Å². The average molecular weight is 371 g/mol. The molecule has 2 N–H and O–H groups in total. The molecule has 1 saturated heterocycles. The average Bonchev–Trinajstić information content (AvgIpc) is 2.62. The Morgan fingerprint density at radius 2 is 1.81 bits per heavy atom. The van der Waals surface area contributed by atoms with Gasteiger partial charge >= 0.3 is 0 Å². The number of carbonyl (C=O) groups excluding carboxylic acids is 2. The van der Waals surface area contributed by atoms with Crippen molar-refractivity contribution in [2.75, 3.05) is 26.2 Å². The van der Waals surface area contributed by atoms with Crippen molar-refractivity contribution in [3.8, 4) is 0 Å². The molecule has 1 aliphatic rings. The molecule has 1 heterocycles. The van der Waals surface area contributed by atoms with Crippen LogP contribution in [0.25, 0.3) is 0 Å². The number of piperidine rings is 1. The standard InChI is InChI=1S/C20H38N2O4/c1-6-8-9-16(5)19(24)22-12-10-20(25,11-13-22)14-21-18(23)17(15(3)4)26-7-2/h15-17,25H,6-14H2,1-5H3,(H,21,23). The van der Waals surface area contributed by atoms with Crippen LogP contribution in [0.5, 0.6) is 0 Å². The lowest BCUT2D eigenvalue weighted by Crippen LogP contribution is -2.54. The first-order valence-electron chi connectivity index (χ1n) is 10.1. The lowest BCUT2D eigenvalue weighted by atomic mass is 9.90. The molecular weight excluding hydrogens is 332 g/mol. The summed E-state index contributed by atoms with van der Waals surface area (Å²) < 4.78 is 5.50. The number of unbranched alkanes of at least 4 members (excludes halogenated alkanes) is 1. The van der Waals surface area contributed by atoms with E-state index in [9.17, 15) is 14.7 Å². The largest absolute Gasteiger partial charge is 0.388 e. The molecule has 0 spiro atoms. The smallest absolute Gasteiger partial charge is 0.249 e. The molecule has 2 atom stereocenters. The minimum absolute atomic E-state index is 0.0406. The van der Waals surface area contributed by atoms with E-state index in [0.717, 1.165) is 19.3 Å². The van der Waals surface area contributed by atoms with Gasteiger partial charge in [0.1, 0.15) is 6.10 Å². The molecule has 2 amide bonds. The Labute approximate surface area is 158 Å². The summed E-state index contributed by atoms with van der Waals surface area (Å²) in [5.74, 6) is 0.121. The van der Waals surface area contributed by atoms with Crippen LogP contribution in [0.3, 0.4) is 0 Å². The van der Waals surface area contributed by atoms with Gasteiger partial charge in [0.25, 0.3) is 0 Å². The van der Waals surface area contributed by atoms with Crippen molar-refractivity contribution in [2.45, 2.75) is 78.4 Å². The summed E-state index contributed by atoms with van der Waals surface area (Å²) in [6, 6.07) is 0. The van der Waals surface area contributed by atoms with Crippen molar-refractivity contribution >= 4 is 11.8 Å². The molecule has 0 radical (unpaired) electrons. The monoisotopic (exact) mass is 370 g/mol. The quantitative estimate of drug-likeness (QED) is 0.619. The van der Waals surface area contributed by atoms with Crippen LogP contribution in [-0.4, -0.2) is 59.8 Å². The van der Waals surface area contributed by atoms with Gasteiger partial charge in [-0.05, 0) is 32.1 Å². The van der Waals surface area contributed by atoms with E-state index in [1.807, 2.05) is 32.6 Å². The number of hydrogen-bond donors (Lipinski definition) is 2. The van der Waals surface area contributed by atoms with Crippen molar-refractivity contribution in [3.05, 3.63) is 0 Å². The summed E-state index contributed by atoms with van der Waals surface area (Å²) in [5.41, 5.74) is -0.952. The maximum absolute atomic E-state index is 12.5. The number of nitrogens with zero attached hydrogens (tertiary/aromatic N) is 1. The number of aliphatic hydroxyl groups is 1. The van der Waals surface area contributed by atoms with Crippen LogP contribution < -0.4 is 5.32 Å². The zero-order chi connectivity index (χ0) is 19.7. The minimum Gasteiger partial charge on any atom is -0.388 e. The SMILES string of the molecule is CCCCC(C)C(=O)N1CCC(O)(CNC(=O)C(OCC)C(C)C)CC1. The zero-order valence-electron chi connectivity index (χ0n) is 17.2. The fourth-order valence-corrected chi connectivity index (χ4v) is 3.37. The predicted octanol–water partition coefficient (Wildman–Crippen LogP) is 2.34. The Balaban J connectivity index is 2.47. The molecule has 6 heteroatoms. The normalized spacial score (nSPS) is 19.3. The van der Waals surface area contributed by atoms with Gasteiger partial charge in [-0.25, -0.2) is 0 Å². The first-order chi connectivity index (χ1) is 12.2. The predicted molar refractivity (Wildman–Crippen MR) is 103 cm³/mol. The highest BCUT2D eigenvalue weighted by Gasteiger charge is 2.36. The number of ether oxygens (including phenoxy) is 1. The Hall–Kier alpha value is -1.14. The van der Waals surface area contributed by atoms with E-state index in [1.54, 1.807) is 0 Å². The second-order valence-corrected chi connectivity index (χ2v) is 7.93. The number of nitrogens with one attached hydrogen (secondary N) is 1. The molecular formula is C20H38N2O4. The fourth-order valence-electron chi connectivity index (χ4n) is 3.37. The van der Waals surface area contributed by atoms with E-state index in [0.29, 0.717) is 32.5 Å². The first kappa shape index (κ1) is 22.9. The fraction of sp³-hybridized carbons (Fsp3) is 0.900. The van der Waals surface area contributed by atoms with Crippen LogP contribution >= 0.6 is 0 Å². The summed E-state index contributed by atoms with van der Waals surface area (Å²) in [5, 5.41) is 13.6. The van der Waals surface area contributed by atoms with Gasteiger partial charge in [0.05, 0.1) is 5.60 Å². The number of carbonyl (C=O) groups is 2. The molecule has 0 aliphatic carbocycles. The van der Waals surface area contributed by atoms with E-state index in [-0.39, 0.29) is 30.2 Å². The van der Waals surface area contributed by atoms with E-state index in [4.69, 9.17) is 4.74 Å². The maximum atomic E-state index is 12.5. The Morgan fingerprint density at radius 1 is 1.19 bits per heavy atom. The molecule has 152 valence electrons. The highest BCUT2D eigenvalue weighted by molar-refractivity contribution is 5.81. The lowest BCUT2D eigenvalue weighted by molar-refractivity contribution is -0.142. The van der Waals surface area contributed by atoms with E-state index >= 15 is 0 Å². The second-order valence-electron chi connectivity index (χ2n) is 7.93. The van der Waals surface area contributed by atoms with Crippen LogP contribution in [-0.2, 0) is 14.3 Å². The van der Waals surface area contributed by atoms with Crippen molar-refractivity contribution in [2.24, 2.45) is 11.8 Å². The molecule has 0 saturated carbocycles. The molecule has 2 unspecified atom stereocenters. The van der Waals surface area contributed by atoms with Crippen LogP contribution in [0.4, 0.5) is 0 Å². The highest BCUT2D eigenvalue weighted by atomic mass is 16.5. The van der Waals surface area contributed by atoms with E-state index in [1.165, 1.54) is 0 Å². The van der Waals surface area contributed by atoms with Gasteiger partial charge in [0.2, 0.25) is 11.8 Å². The minimum atomic E-state index is -0.952. The molecule has 6 nitrogen and oxygen atoms in total. The topological polar surface area (TPSA) is 78.9 Å². The van der Waals surface area contributed by atoms with Crippen molar-refractivity contribution < 1.29 is 19.4 Å². The number of likely N-dealkylation sites (tertiary alicyclic amines) is 1. The van der Waals surface area contributed by atoms with Gasteiger partial charge in [0.15, 0.2) is 0 Å². The molecule has 0 bridgehead atoms. The number of rotatable bonds is 10. The van der Waals surface area contributed by atoms with Crippen molar-refractivity contribution in [1.29, 1.82) is 0 Å². The van der Waals surface area contributed by atoms with Crippen LogP contribution in [0.15, 0.2) is 0 Å². The summed E-state index contributed by atoms with van der Waals surface area (Å²) in [6.45, 7) is 11.6. The van der Waals surface area contributed by atoms with Crippen molar-refractivity contribution in [3.63, 3.8) is 0 Å². The summed E-state index contributed by atoms with van der Waals surface area (Å²) >= 11 is 0. The number of amides is 2. The third-order valence-electron chi connectivity index (χ3n) is 5.22. The molecule has 0 aromatic rings. The second kappa shape index (κ2) is 10.9. The van der Waals surface area contributed by atoms with Crippen LogP contribution in [0.1, 0.15) is 66.7 Å². The van der Waals surface area contributed by atoms with E-state index < -0.39 is 11.7 Å². The molecule has 1 fully saturated rings. The highest BCUT2D eigenvalue weighted by Crippen LogP contribution is 2.24. The maximum Gasteiger partial charge on any atom is 0.249 e. The molecule has 0 aromatic carbocycles. The van der Waals surface area contributed by atoms with Gasteiger partial charge in [0, 0.05) is 32.2 Å². The first-order valence-corrected chi connectivity index (χ1v) is 10.1. The third kappa shape index (κ3) is 6.88. The lowest BCUT2D eigenvalue weighted by Gasteiger charge is -2.39. The van der Waals surface area contributed by atoms with Gasteiger partial charge in [-0.2, -0.15) is 0 Å². The molecule has 1 aliphatic heterocycles. The summed E-state index contributed by atoms with van der Waals surface area (Å²) in [4.78, 5) is 26.6. The van der Waals surface area contributed by atoms with Gasteiger partial charge in [-0.15, -0.1) is 0 Å². The Bertz CT molecular complexity index is 445. The van der Waals surface area contributed by atoms with E-state index in [2.05, 4.69) is 12.2 Å². The number of hydrogen-bond acceptors (Lipinski definition) is 4. The molecule has 1 rings (SSSR count). The van der Waals surface area contributed by atoms with Gasteiger partial charge < -0.3 is 20.1 Å². The molecule has 26 heavy (non-hydrogen) atoms.